The molecule has 0 aromatic heterocycles. The maximum Gasteiger partial charge on any atom is 0.102 e. The van der Waals surface area contributed by atoms with Gasteiger partial charge in [-0.2, -0.15) is 0 Å². The van der Waals surface area contributed by atoms with Crippen LogP contribution in [0.2, 0.25) is 0 Å². The van der Waals surface area contributed by atoms with E-state index in [1.807, 2.05) is 6.92 Å². The lowest BCUT2D eigenvalue weighted by molar-refractivity contribution is -0.910. The molecule has 0 amide bonds. The zero-order chi connectivity index (χ0) is 19.0. The Morgan fingerprint density at radius 2 is 1.40 bits per heavy atom. The molecule has 0 aromatic rings. The van der Waals surface area contributed by atoms with Crippen molar-refractivity contribution in [2.24, 2.45) is 0 Å². The predicted molar refractivity (Wildman–Crippen MR) is 101 cm³/mol. The van der Waals surface area contributed by atoms with Gasteiger partial charge < -0.3 is 18.5 Å². The van der Waals surface area contributed by atoms with Crippen LogP contribution in [0.3, 0.4) is 0 Å². The molecule has 0 aliphatic heterocycles. The number of rotatable bonds is 18. The quantitative estimate of drug-likeness (QED) is 0.207. The van der Waals surface area contributed by atoms with Crippen LogP contribution in [-0.2, 0) is 19.6 Å². The summed E-state index contributed by atoms with van der Waals surface area (Å²) >= 11 is 0. The van der Waals surface area contributed by atoms with E-state index in [9.17, 15) is 13.0 Å². The maximum absolute atomic E-state index is 10.7. The van der Waals surface area contributed by atoms with Gasteiger partial charge in [0.25, 0.3) is 0 Å². The van der Waals surface area contributed by atoms with E-state index in [1.165, 1.54) is 32.1 Å². The minimum Gasteiger partial charge on any atom is -0.748 e. The van der Waals surface area contributed by atoms with E-state index < -0.39 is 10.1 Å². The van der Waals surface area contributed by atoms with Crippen LogP contribution >= 0.6 is 0 Å². The highest BCUT2D eigenvalue weighted by Gasteiger charge is 2.20. The van der Waals surface area contributed by atoms with Gasteiger partial charge >= 0.3 is 0 Å². The van der Waals surface area contributed by atoms with E-state index in [-0.39, 0.29) is 5.75 Å². The fourth-order valence-corrected chi connectivity index (χ4v) is 3.41. The smallest absolute Gasteiger partial charge is 0.102 e. The zero-order valence-corrected chi connectivity index (χ0v) is 17.3. The number of unbranched alkanes of at least 4 members (excludes halogenated alkanes) is 5. The van der Waals surface area contributed by atoms with Gasteiger partial charge in [0.2, 0.25) is 0 Å². The highest BCUT2D eigenvalue weighted by molar-refractivity contribution is 7.85. The molecule has 0 radical (unpaired) electrons. The van der Waals surface area contributed by atoms with E-state index in [1.54, 1.807) is 0 Å². The molecule has 0 N–H and O–H groups in total. The SMILES string of the molecule is CCCCCCC[N+](C)(CCCCS(=O)(=O)[O-])CCOCCOCC. The average molecular weight is 382 g/mol. The predicted octanol–water partition coefficient (Wildman–Crippen LogP) is 2.78. The third-order valence-electron chi connectivity index (χ3n) is 4.50. The molecular weight excluding hydrogens is 342 g/mol. The summed E-state index contributed by atoms with van der Waals surface area (Å²) in [7, 11) is -1.89. The van der Waals surface area contributed by atoms with Crippen LogP contribution in [0.5, 0.6) is 0 Å². The van der Waals surface area contributed by atoms with Crippen molar-refractivity contribution in [2.75, 3.05) is 58.9 Å². The van der Waals surface area contributed by atoms with Crippen molar-refractivity contribution < 1.29 is 26.9 Å². The summed E-state index contributed by atoms with van der Waals surface area (Å²) in [6, 6.07) is 0. The third-order valence-corrected chi connectivity index (χ3v) is 5.28. The third kappa shape index (κ3) is 17.0. The van der Waals surface area contributed by atoms with Gasteiger partial charge in [0.05, 0.1) is 50.1 Å². The minimum atomic E-state index is -4.09. The normalized spacial score (nSPS) is 14.6. The van der Waals surface area contributed by atoms with Gasteiger partial charge in [-0.1, -0.05) is 26.2 Å². The molecule has 0 fully saturated rings. The molecule has 0 saturated heterocycles. The van der Waals surface area contributed by atoms with Crippen molar-refractivity contribution >= 4 is 10.1 Å². The number of hydrogen-bond donors (Lipinski definition) is 0. The van der Waals surface area contributed by atoms with Crippen LogP contribution in [0.1, 0.15) is 58.8 Å². The lowest BCUT2D eigenvalue weighted by atomic mass is 10.1. The molecule has 0 aliphatic carbocycles. The van der Waals surface area contributed by atoms with E-state index in [2.05, 4.69) is 14.0 Å². The van der Waals surface area contributed by atoms with Crippen LogP contribution in [0.15, 0.2) is 0 Å². The van der Waals surface area contributed by atoms with Gasteiger partial charge in [0, 0.05) is 12.4 Å². The van der Waals surface area contributed by atoms with Crippen LogP contribution in [0.4, 0.5) is 0 Å². The molecule has 0 heterocycles. The number of ether oxygens (including phenoxy) is 2. The van der Waals surface area contributed by atoms with Crippen molar-refractivity contribution in [3.05, 3.63) is 0 Å². The summed E-state index contributed by atoms with van der Waals surface area (Å²) in [4.78, 5) is 0. The van der Waals surface area contributed by atoms with Gasteiger partial charge in [0.1, 0.15) is 6.54 Å². The van der Waals surface area contributed by atoms with Crippen LogP contribution < -0.4 is 0 Å². The Bertz CT molecular complexity index is 402. The molecule has 0 bridgehead atoms. The molecule has 6 nitrogen and oxygen atoms in total. The van der Waals surface area contributed by atoms with Gasteiger partial charge in [-0.25, -0.2) is 8.42 Å². The standard InChI is InChI=1S/C18H39NO5S/c1-4-6-7-8-9-12-19(3,13-10-11-18-25(20,21)22)14-15-24-17-16-23-5-2/h4-18H2,1-3H3. The lowest BCUT2D eigenvalue weighted by Crippen LogP contribution is -2.48. The van der Waals surface area contributed by atoms with Crippen molar-refractivity contribution in [3.8, 4) is 0 Å². The summed E-state index contributed by atoms with van der Waals surface area (Å²) < 4.78 is 44.0. The Morgan fingerprint density at radius 1 is 0.800 bits per heavy atom. The second kappa shape index (κ2) is 14.9. The fourth-order valence-electron chi connectivity index (χ4n) is 2.85. The molecule has 25 heavy (non-hydrogen) atoms. The minimum absolute atomic E-state index is 0.256. The van der Waals surface area contributed by atoms with Crippen LogP contribution in [-0.4, -0.2) is 76.3 Å². The zero-order valence-electron chi connectivity index (χ0n) is 16.5. The first-order valence-electron chi connectivity index (χ1n) is 9.75. The lowest BCUT2D eigenvalue weighted by Gasteiger charge is -2.35. The van der Waals surface area contributed by atoms with Crippen LogP contribution in [0.25, 0.3) is 0 Å². The summed E-state index contributed by atoms with van der Waals surface area (Å²) in [6.45, 7) is 9.66. The number of likely N-dealkylation sites (N-methyl/N-ethyl adjacent to an activating group) is 1. The Balaban J connectivity index is 4.18. The monoisotopic (exact) mass is 381 g/mol. The average Bonchev–Trinajstić information content (AvgIpc) is 2.54. The van der Waals surface area contributed by atoms with Gasteiger partial charge in [0.15, 0.2) is 0 Å². The summed E-state index contributed by atoms with van der Waals surface area (Å²) in [5.74, 6) is -0.256. The highest BCUT2D eigenvalue weighted by atomic mass is 32.2. The topological polar surface area (TPSA) is 75.7 Å². The van der Waals surface area contributed by atoms with E-state index in [0.29, 0.717) is 32.8 Å². The molecule has 0 spiro atoms. The molecule has 1 unspecified atom stereocenters. The Kier molecular flexibility index (Phi) is 14.8. The Morgan fingerprint density at radius 3 is 2.00 bits per heavy atom. The van der Waals surface area contributed by atoms with Crippen molar-refractivity contribution in [1.82, 2.24) is 0 Å². The Labute approximate surface area is 155 Å². The molecule has 7 heteroatoms. The van der Waals surface area contributed by atoms with Gasteiger partial charge in [-0.15, -0.1) is 0 Å². The highest BCUT2D eigenvalue weighted by Crippen LogP contribution is 2.11. The first-order valence-corrected chi connectivity index (χ1v) is 11.3. The molecule has 0 aromatic carbocycles. The molecule has 0 saturated carbocycles. The summed E-state index contributed by atoms with van der Waals surface area (Å²) in [6.07, 6.45) is 7.41. The first kappa shape index (κ1) is 24.8. The maximum atomic E-state index is 10.7. The van der Waals surface area contributed by atoms with E-state index >= 15 is 0 Å². The van der Waals surface area contributed by atoms with Crippen molar-refractivity contribution in [1.29, 1.82) is 0 Å². The molecule has 0 aliphatic rings. The largest absolute Gasteiger partial charge is 0.748 e. The Hall–Kier alpha value is -0.210. The molecule has 152 valence electrons. The van der Waals surface area contributed by atoms with Crippen molar-refractivity contribution in [2.45, 2.75) is 58.8 Å². The molecule has 1 atom stereocenters. The summed E-state index contributed by atoms with van der Waals surface area (Å²) in [5.41, 5.74) is 0. The molecule has 0 rings (SSSR count). The number of hydrogen-bond acceptors (Lipinski definition) is 5. The summed E-state index contributed by atoms with van der Waals surface area (Å²) in [5, 5.41) is 0. The number of quaternary nitrogens is 1. The second-order valence-corrected chi connectivity index (χ2v) is 8.51. The van der Waals surface area contributed by atoms with Crippen LogP contribution in [0, 0.1) is 0 Å². The first-order chi connectivity index (χ1) is 11.8. The second-order valence-electron chi connectivity index (χ2n) is 6.98. The van der Waals surface area contributed by atoms with Gasteiger partial charge in [-0.3, -0.25) is 0 Å². The fraction of sp³-hybridized carbons (Fsp3) is 1.00. The van der Waals surface area contributed by atoms with E-state index in [0.717, 1.165) is 30.5 Å². The molecular formula is C18H39NO5S. The number of nitrogens with zero attached hydrogens (tertiary/aromatic N) is 1. The van der Waals surface area contributed by atoms with Crippen molar-refractivity contribution in [3.63, 3.8) is 0 Å². The van der Waals surface area contributed by atoms with Gasteiger partial charge in [-0.05, 0) is 32.6 Å². The van der Waals surface area contributed by atoms with E-state index in [4.69, 9.17) is 9.47 Å².